The van der Waals surface area contributed by atoms with Gasteiger partial charge in [0.15, 0.2) is 6.04 Å². The summed E-state index contributed by atoms with van der Waals surface area (Å²) < 4.78 is 0.887. The Morgan fingerprint density at radius 3 is 2.67 bits per heavy atom. The smallest absolute Gasteiger partial charge is 0.328 e. The van der Waals surface area contributed by atoms with Crippen molar-refractivity contribution in [3.8, 4) is 0 Å². The molecule has 0 spiro atoms. The summed E-state index contributed by atoms with van der Waals surface area (Å²) in [5.41, 5.74) is 0. The number of hydrogen-bond acceptors (Lipinski definition) is 4. The number of carboxylic acids is 1. The number of hydrogen-bond donors (Lipinski definition) is 4. The second kappa shape index (κ2) is 6.72. The van der Waals surface area contributed by atoms with Crippen molar-refractivity contribution >= 4 is 39.3 Å². The van der Waals surface area contributed by atoms with Crippen molar-refractivity contribution in [1.29, 1.82) is 0 Å². The van der Waals surface area contributed by atoms with Gasteiger partial charge in [-0.3, -0.25) is 0 Å². The molecule has 18 heavy (non-hydrogen) atoms. The van der Waals surface area contributed by atoms with E-state index in [0.29, 0.717) is 0 Å². The molecule has 1 heterocycles. The molecule has 0 aliphatic heterocycles. The summed E-state index contributed by atoms with van der Waals surface area (Å²) in [5.74, 6) is -1.28. The highest BCUT2D eigenvalue weighted by atomic mass is 79.9. The van der Waals surface area contributed by atoms with Crippen LogP contribution in [-0.2, 0) is 11.3 Å². The SMILES string of the molecule is C[C@@H](O)[C@H](NC(=O)NCc1sccc1Br)C(=O)O. The fourth-order valence-electron chi connectivity index (χ4n) is 1.19. The van der Waals surface area contributed by atoms with Gasteiger partial charge in [-0.25, -0.2) is 9.59 Å². The fraction of sp³-hybridized carbons (Fsp3) is 0.400. The first-order valence-corrected chi connectivity index (χ1v) is 6.76. The van der Waals surface area contributed by atoms with Crippen LogP contribution < -0.4 is 10.6 Å². The predicted octanol–water partition coefficient (Wildman–Crippen LogP) is 1.14. The lowest BCUT2D eigenvalue weighted by Crippen LogP contribution is -2.50. The summed E-state index contributed by atoms with van der Waals surface area (Å²) in [6, 6.07) is -0.101. The number of nitrogens with one attached hydrogen (secondary N) is 2. The van der Waals surface area contributed by atoms with Gasteiger partial charge in [0.05, 0.1) is 12.6 Å². The molecule has 2 amide bonds. The molecular formula is C10H13BrN2O4S. The van der Waals surface area contributed by atoms with E-state index in [1.165, 1.54) is 18.3 Å². The Balaban J connectivity index is 2.46. The molecule has 1 rings (SSSR count). The molecule has 1 aromatic rings. The number of aliphatic hydroxyl groups excluding tert-OH is 1. The van der Waals surface area contributed by atoms with Gasteiger partial charge in [-0.1, -0.05) is 0 Å². The molecule has 0 bridgehead atoms. The van der Waals surface area contributed by atoms with Crippen molar-refractivity contribution in [2.45, 2.75) is 25.6 Å². The highest BCUT2D eigenvalue weighted by Crippen LogP contribution is 2.21. The number of aliphatic hydroxyl groups is 1. The molecule has 2 atom stereocenters. The maximum Gasteiger partial charge on any atom is 0.328 e. The van der Waals surface area contributed by atoms with E-state index in [4.69, 9.17) is 5.11 Å². The number of carboxylic acid groups (broad SMARTS) is 1. The lowest BCUT2D eigenvalue weighted by molar-refractivity contribution is -0.141. The van der Waals surface area contributed by atoms with Gasteiger partial charge in [-0.15, -0.1) is 11.3 Å². The molecule has 100 valence electrons. The number of carbonyl (C=O) groups is 2. The first-order chi connectivity index (χ1) is 8.41. The summed E-state index contributed by atoms with van der Waals surface area (Å²) in [5, 5.41) is 24.6. The molecule has 0 aliphatic carbocycles. The highest BCUT2D eigenvalue weighted by Gasteiger charge is 2.24. The minimum atomic E-state index is -1.32. The quantitative estimate of drug-likeness (QED) is 0.648. The van der Waals surface area contributed by atoms with Crippen molar-refractivity contribution in [2.24, 2.45) is 0 Å². The number of halogens is 1. The third kappa shape index (κ3) is 4.28. The van der Waals surface area contributed by atoms with Gasteiger partial charge in [0, 0.05) is 9.35 Å². The third-order valence-corrected chi connectivity index (χ3v) is 4.06. The highest BCUT2D eigenvalue weighted by molar-refractivity contribution is 9.10. The predicted molar refractivity (Wildman–Crippen MR) is 70.5 cm³/mol. The zero-order valence-corrected chi connectivity index (χ0v) is 11.9. The van der Waals surface area contributed by atoms with E-state index in [1.807, 2.05) is 11.4 Å². The monoisotopic (exact) mass is 336 g/mol. The van der Waals surface area contributed by atoms with Crippen LogP contribution in [0.4, 0.5) is 4.79 Å². The fourth-order valence-corrected chi connectivity index (χ4v) is 2.62. The minimum Gasteiger partial charge on any atom is -0.480 e. The van der Waals surface area contributed by atoms with Crippen LogP contribution >= 0.6 is 27.3 Å². The van der Waals surface area contributed by atoms with Crippen LogP contribution in [0.15, 0.2) is 15.9 Å². The van der Waals surface area contributed by atoms with Crippen LogP contribution in [0.2, 0.25) is 0 Å². The van der Waals surface area contributed by atoms with Gasteiger partial charge in [0.2, 0.25) is 0 Å². The van der Waals surface area contributed by atoms with Gasteiger partial charge in [0.25, 0.3) is 0 Å². The van der Waals surface area contributed by atoms with Crippen LogP contribution in [-0.4, -0.2) is 34.4 Å². The second-order valence-corrected chi connectivity index (χ2v) is 5.43. The standard InChI is InChI=1S/C10H13BrN2O4S/c1-5(14)8(9(15)16)13-10(17)12-4-7-6(11)2-3-18-7/h2-3,5,8,14H,4H2,1H3,(H,15,16)(H2,12,13,17)/t5-,8+/m1/s1. The average molecular weight is 337 g/mol. The Morgan fingerprint density at radius 2 is 2.22 bits per heavy atom. The molecule has 0 aliphatic rings. The Labute approximate surface area is 116 Å². The van der Waals surface area contributed by atoms with E-state index in [0.717, 1.165) is 9.35 Å². The minimum absolute atomic E-state index is 0.288. The Morgan fingerprint density at radius 1 is 1.56 bits per heavy atom. The number of urea groups is 1. The Hall–Kier alpha value is -1.12. The van der Waals surface area contributed by atoms with Gasteiger partial charge in [-0.2, -0.15) is 0 Å². The molecule has 0 aromatic carbocycles. The summed E-state index contributed by atoms with van der Waals surface area (Å²) >= 11 is 4.79. The Bertz CT molecular complexity index is 435. The molecule has 0 radical (unpaired) electrons. The van der Waals surface area contributed by atoms with E-state index >= 15 is 0 Å². The lowest BCUT2D eigenvalue weighted by atomic mass is 10.2. The molecule has 6 nitrogen and oxygen atoms in total. The summed E-state index contributed by atoms with van der Waals surface area (Å²) in [7, 11) is 0. The summed E-state index contributed by atoms with van der Waals surface area (Å²) in [6.45, 7) is 1.59. The Kier molecular flexibility index (Phi) is 5.57. The third-order valence-electron chi connectivity index (χ3n) is 2.14. The largest absolute Gasteiger partial charge is 0.480 e. The molecule has 0 saturated heterocycles. The first-order valence-electron chi connectivity index (χ1n) is 5.09. The van der Waals surface area contributed by atoms with Crippen molar-refractivity contribution in [3.05, 3.63) is 20.8 Å². The van der Waals surface area contributed by atoms with Gasteiger partial charge < -0.3 is 20.8 Å². The molecule has 0 saturated carbocycles. The normalized spacial score (nSPS) is 13.7. The maximum absolute atomic E-state index is 11.5. The molecule has 0 fully saturated rings. The van der Waals surface area contributed by atoms with Crippen molar-refractivity contribution < 1.29 is 19.8 Å². The summed E-state index contributed by atoms with van der Waals surface area (Å²) in [4.78, 5) is 23.1. The average Bonchev–Trinajstić information content (AvgIpc) is 2.68. The second-order valence-electron chi connectivity index (χ2n) is 3.58. The number of aliphatic carboxylic acids is 1. The van der Waals surface area contributed by atoms with E-state index in [1.54, 1.807) is 0 Å². The van der Waals surface area contributed by atoms with Crippen LogP contribution in [0.5, 0.6) is 0 Å². The van der Waals surface area contributed by atoms with Crippen LogP contribution in [0.1, 0.15) is 11.8 Å². The van der Waals surface area contributed by atoms with Gasteiger partial charge in [0.1, 0.15) is 0 Å². The molecule has 0 unspecified atom stereocenters. The zero-order chi connectivity index (χ0) is 13.7. The first kappa shape index (κ1) is 14.9. The molecule has 1 aromatic heterocycles. The van der Waals surface area contributed by atoms with E-state index < -0.39 is 24.1 Å². The number of carbonyl (C=O) groups excluding carboxylic acids is 1. The van der Waals surface area contributed by atoms with Crippen molar-refractivity contribution in [2.75, 3.05) is 0 Å². The van der Waals surface area contributed by atoms with Crippen molar-refractivity contribution in [3.63, 3.8) is 0 Å². The number of rotatable bonds is 5. The van der Waals surface area contributed by atoms with E-state index in [9.17, 15) is 14.7 Å². The van der Waals surface area contributed by atoms with E-state index in [2.05, 4.69) is 26.6 Å². The molecule has 8 heteroatoms. The molecular weight excluding hydrogens is 324 g/mol. The van der Waals surface area contributed by atoms with Crippen LogP contribution in [0.3, 0.4) is 0 Å². The number of thiophene rings is 1. The zero-order valence-electron chi connectivity index (χ0n) is 9.51. The topological polar surface area (TPSA) is 98.7 Å². The lowest BCUT2D eigenvalue weighted by Gasteiger charge is -2.17. The molecule has 4 N–H and O–H groups in total. The summed E-state index contributed by atoms with van der Waals surface area (Å²) in [6.07, 6.45) is -1.17. The van der Waals surface area contributed by atoms with Gasteiger partial charge >= 0.3 is 12.0 Å². The van der Waals surface area contributed by atoms with Crippen molar-refractivity contribution in [1.82, 2.24) is 10.6 Å². The van der Waals surface area contributed by atoms with Crippen LogP contribution in [0.25, 0.3) is 0 Å². The van der Waals surface area contributed by atoms with E-state index in [-0.39, 0.29) is 6.54 Å². The van der Waals surface area contributed by atoms with Crippen LogP contribution in [0, 0.1) is 0 Å². The number of amides is 2. The maximum atomic E-state index is 11.5. The van der Waals surface area contributed by atoms with Gasteiger partial charge in [-0.05, 0) is 34.3 Å².